The molecule has 2 N–H and O–H groups in total. The van der Waals surface area contributed by atoms with Gasteiger partial charge in [0.15, 0.2) is 11.6 Å². The van der Waals surface area contributed by atoms with Crippen LogP contribution in [0.5, 0.6) is 11.6 Å². The van der Waals surface area contributed by atoms with Crippen LogP contribution < -0.4 is 10.1 Å². The summed E-state index contributed by atoms with van der Waals surface area (Å²) in [6.07, 6.45) is 1.66. The molecule has 0 bridgehead atoms. The van der Waals surface area contributed by atoms with Crippen LogP contribution in [0, 0.1) is 5.82 Å². The van der Waals surface area contributed by atoms with Crippen molar-refractivity contribution in [1.82, 2.24) is 10.3 Å². The van der Waals surface area contributed by atoms with Crippen molar-refractivity contribution in [2.24, 2.45) is 0 Å². The van der Waals surface area contributed by atoms with Crippen LogP contribution in [0.25, 0.3) is 0 Å². The molecule has 0 spiro atoms. The van der Waals surface area contributed by atoms with Crippen LogP contribution in [0.15, 0.2) is 36.5 Å². The summed E-state index contributed by atoms with van der Waals surface area (Å²) in [5, 5.41) is 12.7. The smallest absolute Gasteiger partial charge is 0.213 e. The number of phenolic OH excluding ortho intramolecular Hbond substituents is 1. The number of nitrogens with zero attached hydrogens (tertiary/aromatic N) is 1. The molecule has 0 unspecified atom stereocenters. The van der Waals surface area contributed by atoms with Gasteiger partial charge in [-0.2, -0.15) is 0 Å². The summed E-state index contributed by atoms with van der Waals surface area (Å²) in [6, 6.07) is 8.16. The van der Waals surface area contributed by atoms with Gasteiger partial charge in [0.1, 0.15) is 0 Å². The third-order valence-electron chi connectivity index (χ3n) is 2.72. The van der Waals surface area contributed by atoms with Crippen molar-refractivity contribution in [3.05, 3.63) is 53.5 Å². The minimum Gasteiger partial charge on any atom is -0.505 e. The van der Waals surface area contributed by atoms with E-state index in [0.29, 0.717) is 24.5 Å². The van der Waals surface area contributed by atoms with E-state index in [1.54, 1.807) is 25.4 Å². The van der Waals surface area contributed by atoms with Crippen LogP contribution in [0.1, 0.15) is 11.1 Å². The van der Waals surface area contributed by atoms with Crippen LogP contribution in [0.2, 0.25) is 0 Å². The molecule has 1 aromatic carbocycles. The van der Waals surface area contributed by atoms with Crippen molar-refractivity contribution < 1.29 is 14.2 Å². The Morgan fingerprint density at radius 3 is 2.95 bits per heavy atom. The molecular formula is C14H15FN2O2. The van der Waals surface area contributed by atoms with Gasteiger partial charge in [0, 0.05) is 30.9 Å². The van der Waals surface area contributed by atoms with Crippen molar-refractivity contribution in [3.63, 3.8) is 0 Å². The Bertz CT molecular complexity index is 561. The van der Waals surface area contributed by atoms with Crippen LogP contribution in [0.3, 0.4) is 0 Å². The lowest BCUT2D eigenvalue weighted by Gasteiger charge is -2.08. The number of rotatable bonds is 5. The van der Waals surface area contributed by atoms with Gasteiger partial charge < -0.3 is 15.2 Å². The highest BCUT2D eigenvalue weighted by Crippen LogP contribution is 2.20. The van der Waals surface area contributed by atoms with Gasteiger partial charge in [-0.1, -0.05) is 12.1 Å². The Balaban J connectivity index is 1.94. The summed E-state index contributed by atoms with van der Waals surface area (Å²) in [4.78, 5) is 4.01. The minimum absolute atomic E-state index is 0.303. The zero-order valence-electron chi connectivity index (χ0n) is 10.6. The molecule has 0 amide bonds. The van der Waals surface area contributed by atoms with Gasteiger partial charge in [-0.05, 0) is 17.7 Å². The van der Waals surface area contributed by atoms with E-state index in [2.05, 4.69) is 10.3 Å². The fourth-order valence-electron chi connectivity index (χ4n) is 1.72. The first-order valence-corrected chi connectivity index (χ1v) is 5.86. The third-order valence-corrected chi connectivity index (χ3v) is 2.72. The van der Waals surface area contributed by atoms with Crippen molar-refractivity contribution >= 4 is 0 Å². The summed E-state index contributed by atoms with van der Waals surface area (Å²) < 4.78 is 18.2. The molecule has 0 aliphatic rings. The van der Waals surface area contributed by atoms with Gasteiger partial charge in [0.25, 0.3) is 0 Å². The van der Waals surface area contributed by atoms with Gasteiger partial charge >= 0.3 is 0 Å². The number of aromatic hydroxyl groups is 1. The van der Waals surface area contributed by atoms with E-state index >= 15 is 0 Å². The Morgan fingerprint density at radius 1 is 1.32 bits per heavy atom. The van der Waals surface area contributed by atoms with Gasteiger partial charge in [0.05, 0.1) is 7.11 Å². The van der Waals surface area contributed by atoms with Crippen LogP contribution in [-0.4, -0.2) is 17.2 Å². The summed E-state index contributed by atoms with van der Waals surface area (Å²) in [7, 11) is 1.56. The lowest BCUT2D eigenvalue weighted by Crippen LogP contribution is -2.13. The quantitative estimate of drug-likeness (QED) is 0.867. The summed E-state index contributed by atoms with van der Waals surface area (Å²) in [5.41, 5.74) is 1.53. The molecular weight excluding hydrogens is 247 g/mol. The topological polar surface area (TPSA) is 54.4 Å². The molecule has 5 heteroatoms. The SMILES string of the molecule is COc1cc(CNCc2cccc(F)c2O)ccn1. The molecule has 0 saturated carbocycles. The molecule has 0 saturated heterocycles. The van der Waals surface area contributed by atoms with Crippen LogP contribution >= 0.6 is 0 Å². The fourth-order valence-corrected chi connectivity index (χ4v) is 1.72. The van der Waals surface area contributed by atoms with E-state index in [0.717, 1.165) is 5.56 Å². The number of nitrogens with one attached hydrogen (secondary N) is 1. The highest BCUT2D eigenvalue weighted by atomic mass is 19.1. The van der Waals surface area contributed by atoms with Crippen molar-refractivity contribution in [2.45, 2.75) is 13.1 Å². The summed E-state index contributed by atoms with van der Waals surface area (Å²) in [6.45, 7) is 0.961. The van der Waals surface area contributed by atoms with Gasteiger partial charge in [-0.3, -0.25) is 0 Å². The van der Waals surface area contributed by atoms with Crippen molar-refractivity contribution in [2.75, 3.05) is 7.11 Å². The Labute approximate surface area is 110 Å². The van der Waals surface area contributed by atoms with E-state index in [1.165, 1.54) is 6.07 Å². The fraction of sp³-hybridized carbons (Fsp3) is 0.214. The minimum atomic E-state index is -0.607. The maximum absolute atomic E-state index is 13.1. The summed E-state index contributed by atoms with van der Waals surface area (Å²) in [5.74, 6) is -0.361. The van der Waals surface area contributed by atoms with E-state index in [4.69, 9.17) is 4.74 Å². The first-order valence-electron chi connectivity index (χ1n) is 5.86. The second-order valence-electron chi connectivity index (χ2n) is 4.06. The first-order chi connectivity index (χ1) is 9.20. The van der Waals surface area contributed by atoms with Gasteiger partial charge in [0.2, 0.25) is 5.88 Å². The largest absolute Gasteiger partial charge is 0.505 e. The number of methoxy groups -OCH3 is 1. The molecule has 2 aromatic rings. The summed E-state index contributed by atoms with van der Waals surface area (Å²) >= 11 is 0. The molecule has 1 heterocycles. The zero-order valence-corrected chi connectivity index (χ0v) is 10.6. The highest BCUT2D eigenvalue weighted by Gasteiger charge is 2.05. The standard InChI is InChI=1S/C14H15FN2O2/c1-19-13-7-10(5-6-17-13)8-16-9-11-3-2-4-12(15)14(11)18/h2-7,16,18H,8-9H2,1H3. The number of phenols is 1. The molecule has 1 aromatic heterocycles. The molecule has 19 heavy (non-hydrogen) atoms. The monoisotopic (exact) mass is 262 g/mol. The molecule has 0 atom stereocenters. The number of benzene rings is 1. The number of hydrogen-bond donors (Lipinski definition) is 2. The number of ether oxygens (including phenoxy) is 1. The Hall–Kier alpha value is -2.14. The lowest BCUT2D eigenvalue weighted by molar-refractivity contribution is 0.397. The van der Waals surface area contributed by atoms with Crippen molar-refractivity contribution in [1.29, 1.82) is 0 Å². The molecule has 0 radical (unpaired) electrons. The molecule has 0 aliphatic carbocycles. The second kappa shape index (κ2) is 6.15. The van der Waals surface area contributed by atoms with E-state index in [1.807, 2.05) is 12.1 Å². The average Bonchev–Trinajstić information content (AvgIpc) is 2.44. The predicted molar refractivity (Wildman–Crippen MR) is 69.4 cm³/mol. The number of pyridine rings is 1. The molecule has 2 rings (SSSR count). The van der Waals surface area contributed by atoms with Gasteiger partial charge in [-0.25, -0.2) is 9.37 Å². The lowest BCUT2D eigenvalue weighted by atomic mass is 10.2. The van der Waals surface area contributed by atoms with Crippen molar-refractivity contribution in [3.8, 4) is 11.6 Å². The van der Waals surface area contributed by atoms with Crippen LogP contribution in [0.4, 0.5) is 4.39 Å². The van der Waals surface area contributed by atoms with Crippen LogP contribution in [-0.2, 0) is 13.1 Å². The van der Waals surface area contributed by atoms with E-state index in [9.17, 15) is 9.50 Å². The average molecular weight is 262 g/mol. The number of aromatic nitrogens is 1. The van der Waals surface area contributed by atoms with E-state index in [-0.39, 0.29) is 5.75 Å². The van der Waals surface area contributed by atoms with E-state index < -0.39 is 5.82 Å². The molecule has 0 fully saturated rings. The second-order valence-corrected chi connectivity index (χ2v) is 4.06. The number of hydrogen-bond acceptors (Lipinski definition) is 4. The molecule has 4 nitrogen and oxygen atoms in total. The maximum atomic E-state index is 13.1. The zero-order chi connectivity index (χ0) is 13.7. The molecule has 100 valence electrons. The van der Waals surface area contributed by atoms with Gasteiger partial charge in [-0.15, -0.1) is 0 Å². The molecule has 0 aliphatic heterocycles. The number of halogens is 1. The maximum Gasteiger partial charge on any atom is 0.213 e. The first kappa shape index (κ1) is 13.3. The predicted octanol–water partition coefficient (Wildman–Crippen LogP) is 2.22. The highest BCUT2D eigenvalue weighted by molar-refractivity contribution is 5.33. The Morgan fingerprint density at radius 2 is 2.16 bits per heavy atom. The number of para-hydroxylation sites is 1. The normalized spacial score (nSPS) is 10.4. The Kier molecular flexibility index (Phi) is 4.30. The third kappa shape index (κ3) is 3.42.